The number of non-ortho nitro benzene ring substituents is 1. The van der Waals surface area contributed by atoms with E-state index < -0.39 is 10.9 Å². The highest BCUT2D eigenvalue weighted by Crippen LogP contribution is 2.17. The van der Waals surface area contributed by atoms with Crippen molar-refractivity contribution in [3.63, 3.8) is 0 Å². The Labute approximate surface area is 155 Å². The molecule has 0 aliphatic rings. The topological polar surface area (TPSA) is 119 Å². The van der Waals surface area contributed by atoms with Crippen LogP contribution in [0.4, 0.5) is 5.69 Å². The average Bonchev–Trinajstić information content (AvgIpc) is 2.65. The smallest absolute Gasteiger partial charge is 0.303 e. The van der Waals surface area contributed by atoms with Gasteiger partial charge in [0.2, 0.25) is 0 Å². The van der Waals surface area contributed by atoms with Gasteiger partial charge in [-0.3, -0.25) is 19.7 Å². The highest BCUT2D eigenvalue weighted by atomic mass is 16.6. The summed E-state index contributed by atoms with van der Waals surface area (Å²) < 4.78 is 5.33. The van der Waals surface area contributed by atoms with Crippen molar-refractivity contribution < 1.29 is 24.4 Å². The van der Waals surface area contributed by atoms with Gasteiger partial charge in [-0.1, -0.05) is 30.3 Å². The monoisotopic (exact) mass is 372 g/mol. The first kappa shape index (κ1) is 19.9. The fourth-order valence-electron chi connectivity index (χ4n) is 2.50. The predicted molar refractivity (Wildman–Crippen MR) is 97.5 cm³/mol. The number of carboxylic acids is 1. The number of carbonyl (C=O) groups excluding carboxylic acids is 1. The number of ether oxygens (including phenoxy) is 1. The van der Waals surface area contributed by atoms with E-state index in [9.17, 15) is 19.7 Å². The number of nitrogens with one attached hydrogen (secondary N) is 1. The summed E-state index contributed by atoms with van der Waals surface area (Å²) in [6.07, 6.45) is 0.756. The molecule has 27 heavy (non-hydrogen) atoms. The summed E-state index contributed by atoms with van der Waals surface area (Å²) in [5.74, 6) is -0.981. The number of nitro groups is 1. The number of carbonyl (C=O) groups is 2. The Morgan fingerprint density at radius 3 is 2.37 bits per heavy atom. The largest absolute Gasteiger partial charge is 0.484 e. The van der Waals surface area contributed by atoms with Crippen LogP contribution in [0.5, 0.6) is 5.75 Å². The summed E-state index contributed by atoms with van der Waals surface area (Å²) in [7, 11) is 0. The quantitative estimate of drug-likeness (QED) is 0.489. The molecule has 0 aromatic heterocycles. The normalized spacial score (nSPS) is 11.4. The minimum atomic E-state index is -0.926. The van der Waals surface area contributed by atoms with Gasteiger partial charge in [-0.05, 0) is 30.5 Å². The predicted octanol–water partition coefficient (Wildman–Crippen LogP) is 2.57. The van der Waals surface area contributed by atoms with E-state index in [4.69, 9.17) is 9.84 Å². The molecule has 0 bridgehead atoms. The zero-order valence-electron chi connectivity index (χ0n) is 14.5. The SMILES string of the molecule is O=C(O)CCC(Cc1ccccc1)NC(=O)COc1ccc([N+](=O)[O-])cc1. The number of amides is 1. The first-order chi connectivity index (χ1) is 12.9. The molecule has 0 fully saturated rings. The minimum Gasteiger partial charge on any atom is -0.484 e. The molecule has 1 atom stereocenters. The maximum Gasteiger partial charge on any atom is 0.303 e. The molecule has 0 spiro atoms. The van der Waals surface area contributed by atoms with Gasteiger partial charge in [0.15, 0.2) is 6.61 Å². The van der Waals surface area contributed by atoms with Gasteiger partial charge in [0, 0.05) is 24.6 Å². The fraction of sp³-hybridized carbons (Fsp3) is 0.263. The van der Waals surface area contributed by atoms with E-state index in [1.165, 1.54) is 24.3 Å². The molecular formula is C19H20N2O6. The van der Waals surface area contributed by atoms with Crippen LogP contribution >= 0.6 is 0 Å². The summed E-state index contributed by atoms with van der Waals surface area (Å²) in [6.45, 7) is -0.268. The molecular weight excluding hydrogens is 352 g/mol. The third-order valence-electron chi connectivity index (χ3n) is 3.81. The average molecular weight is 372 g/mol. The summed E-state index contributed by atoms with van der Waals surface area (Å²) in [4.78, 5) is 33.1. The second-order valence-electron chi connectivity index (χ2n) is 5.93. The van der Waals surface area contributed by atoms with Crippen molar-refractivity contribution in [2.24, 2.45) is 0 Å². The molecule has 0 radical (unpaired) electrons. The van der Waals surface area contributed by atoms with Crippen LogP contribution < -0.4 is 10.1 Å². The lowest BCUT2D eigenvalue weighted by Crippen LogP contribution is -2.39. The van der Waals surface area contributed by atoms with Crippen LogP contribution in [0, 0.1) is 10.1 Å². The molecule has 2 aromatic rings. The molecule has 0 aliphatic carbocycles. The van der Waals surface area contributed by atoms with Crippen LogP contribution in [0.2, 0.25) is 0 Å². The molecule has 8 heteroatoms. The molecule has 142 valence electrons. The summed E-state index contributed by atoms with van der Waals surface area (Å²) in [5, 5.41) is 22.3. The van der Waals surface area contributed by atoms with Crippen molar-refractivity contribution in [1.29, 1.82) is 0 Å². The molecule has 0 heterocycles. The lowest BCUT2D eigenvalue weighted by atomic mass is 10.0. The Balaban J connectivity index is 1.89. The van der Waals surface area contributed by atoms with E-state index >= 15 is 0 Å². The number of nitrogens with zero attached hydrogens (tertiary/aromatic N) is 1. The third kappa shape index (κ3) is 7.15. The molecule has 1 amide bonds. The summed E-state index contributed by atoms with van der Waals surface area (Å²) in [6, 6.07) is 14.5. The minimum absolute atomic E-state index is 0.0546. The Morgan fingerprint density at radius 1 is 1.11 bits per heavy atom. The van der Waals surface area contributed by atoms with Crippen molar-refractivity contribution in [3.05, 3.63) is 70.3 Å². The zero-order chi connectivity index (χ0) is 19.6. The van der Waals surface area contributed by atoms with E-state index in [1.807, 2.05) is 30.3 Å². The molecule has 2 aromatic carbocycles. The van der Waals surface area contributed by atoms with Crippen molar-refractivity contribution in [2.45, 2.75) is 25.3 Å². The van der Waals surface area contributed by atoms with Gasteiger partial charge in [-0.25, -0.2) is 0 Å². The standard InChI is InChI=1S/C19H20N2O6/c22-18(13-27-17-9-7-16(8-10-17)21(25)26)20-15(6-11-19(23)24)12-14-4-2-1-3-5-14/h1-5,7-10,15H,6,11-13H2,(H,20,22)(H,23,24). The van der Waals surface area contributed by atoms with E-state index in [-0.39, 0.29) is 30.7 Å². The first-order valence-corrected chi connectivity index (χ1v) is 8.36. The second-order valence-corrected chi connectivity index (χ2v) is 5.93. The highest BCUT2D eigenvalue weighted by Gasteiger charge is 2.15. The van der Waals surface area contributed by atoms with Crippen molar-refractivity contribution in [2.75, 3.05) is 6.61 Å². The number of hydrogen-bond donors (Lipinski definition) is 2. The van der Waals surface area contributed by atoms with E-state index in [1.54, 1.807) is 0 Å². The maximum atomic E-state index is 12.1. The Kier molecular flexibility index (Phi) is 7.30. The molecule has 8 nitrogen and oxygen atoms in total. The molecule has 0 saturated carbocycles. The van der Waals surface area contributed by atoms with Crippen LogP contribution in [0.1, 0.15) is 18.4 Å². The number of benzene rings is 2. The Morgan fingerprint density at radius 2 is 1.78 bits per heavy atom. The van der Waals surface area contributed by atoms with Gasteiger partial charge >= 0.3 is 5.97 Å². The van der Waals surface area contributed by atoms with Gasteiger partial charge < -0.3 is 15.2 Å². The molecule has 2 N–H and O–H groups in total. The van der Waals surface area contributed by atoms with Gasteiger partial charge in [0.25, 0.3) is 11.6 Å². The maximum absolute atomic E-state index is 12.1. The number of aliphatic carboxylic acids is 1. The van der Waals surface area contributed by atoms with Gasteiger partial charge in [-0.2, -0.15) is 0 Å². The number of carboxylic acid groups (broad SMARTS) is 1. The van der Waals surface area contributed by atoms with Crippen molar-refractivity contribution >= 4 is 17.6 Å². The van der Waals surface area contributed by atoms with Gasteiger partial charge in [0.05, 0.1) is 4.92 Å². The van der Waals surface area contributed by atoms with E-state index in [0.717, 1.165) is 5.56 Å². The second kappa shape index (κ2) is 9.91. The highest BCUT2D eigenvalue weighted by molar-refractivity contribution is 5.78. The Hall–Kier alpha value is -3.42. The summed E-state index contributed by atoms with van der Waals surface area (Å²) in [5.41, 5.74) is 0.924. The van der Waals surface area contributed by atoms with Crippen LogP contribution in [0.15, 0.2) is 54.6 Å². The van der Waals surface area contributed by atoms with Gasteiger partial charge in [-0.15, -0.1) is 0 Å². The number of hydrogen-bond acceptors (Lipinski definition) is 5. The Bertz CT molecular complexity index is 777. The molecule has 2 rings (SSSR count). The molecule has 0 aliphatic heterocycles. The van der Waals surface area contributed by atoms with E-state index in [0.29, 0.717) is 18.6 Å². The van der Waals surface area contributed by atoms with Crippen molar-refractivity contribution in [1.82, 2.24) is 5.32 Å². The molecule has 0 saturated heterocycles. The number of rotatable bonds is 10. The fourth-order valence-corrected chi connectivity index (χ4v) is 2.50. The summed E-state index contributed by atoms with van der Waals surface area (Å²) >= 11 is 0. The van der Waals surface area contributed by atoms with E-state index in [2.05, 4.69) is 5.32 Å². The van der Waals surface area contributed by atoms with Gasteiger partial charge in [0.1, 0.15) is 5.75 Å². The van der Waals surface area contributed by atoms with Crippen LogP contribution in [-0.2, 0) is 16.0 Å². The first-order valence-electron chi connectivity index (χ1n) is 8.36. The molecule has 1 unspecified atom stereocenters. The van der Waals surface area contributed by atoms with Crippen molar-refractivity contribution in [3.8, 4) is 5.75 Å². The van der Waals surface area contributed by atoms with Crippen LogP contribution in [-0.4, -0.2) is 34.6 Å². The lowest BCUT2D eigenvalue weighted by molar-refractivity contribution is -0.384. The van der Waals surface area contributed by atoms with Crippen LogP contribution in [0.25, 0.3) is 0 Å². The number of nitro benzene ring substituents is 1. The third-order valence-corrected chi connectivity index (χ3v) is 3.81. The lowest BCUT2D eigenvalue weighted by Gasteiger charge is -2.18. The zero-order valence-corrected chi connectivity index (χ0v) is 14.5. The van der Waals surface area contributed by atoms with Crippen LogP contribution in [0.3, 0.4) is 0 Å².